The van der Waals surface area contributed by atoms with Crippen LogP contribution in [0.4, 0.5) is 0 Å². The third-order valence-electron chi connectivity index (χ3n) is 3.98. The summed E-state index contributed by atoms with van der Waals surface area (Å²) in [7, 11) is -3.42. The Morgan fingerprint density at radius 2 is 1.96 bits per heavy atom. The van der Waals surface area contributed by atoms with E-state index in [1.165, 1.54) is 4.31 Å². The minimum absolute atomic E-state index is 0.0496. The summed E-state index contributed by atoms with van der Waals surface area (Å²) in [5, 5.41) is 0.665. The molecule has 1 N–H and O–H groups in total. The maximum atomic E-state index is 12.3. The van der Waals surface area contributed by atoms with Crippen LogP contribution in [0.25, 0.3) is 0 Å². The van der Waals surface area contributed by atoms with Crippen LogP contribution in [0.15, 0.2) is 24.3 Å². The molecule has 1 aromatic carbocycles. The fraction of sp³-hybridized carbons (Fsp3) is 0.562. The Bertz CT molecular complexity index is 658. The quantitative estimate of drug-likeness (QED) is 0.790. The molecule has 0 saturated carbocycles. The lowest BCUT2D eigenvalue weighted by Gasteiger charge is -2.34. The van der Waals surface area contributed by atoms with Gasteiger partial charge in [0.2, 0.25) is 5.91 Å². The largest absolute Gasteiger partial charge is 0.340 e. The third kappa shape index (κ3) is 5.44. The Balaban J connectivity index is 1.80. The molecule has 1 fully saturated rings. The molecule has 6 nitrogen and oxygen atoms in total. The number of piperazine rings is 1. The number of carbonyl (C=O) groups is 1. The number of aryl methyl sites for hydroxylation is 1. The van der Waals surface area contributed by atoms with Gasteiger partial charge in [-0.25, -0.2) is 4.72 Å². The first kappa shape index (κ1) is 19.2. The molecule has 0 spiro atoms. The van der Waals surface area contributed by atoms with Gasteiger partial charge in [0.25, 0.3) is 10.2 Å². The van der Waals surface area contributed by atoms with Gasteiger partial charge in [-0.2, -0.15) is 12.7 Å². The van der Waals surface area contributed by atoms with Gasteiger partial charge in [0, 0.05) is 44.2 Å². The van der Waals surface area contributed by atoms with E-state index in [0.29, 0.717) is 50.6 Å². The topological polar surface area (TPSA) is 69.7 Å². The molecule has 24 heavy (non-hydrogen) atoms. The van der Waals surface area contributed by atoms with Crippen molar-refractivity contribution >= 4 is 27.7 Å². The van der Waals surface area contributed by atoms with E-state index in [1.54, 1.807) is 11.0 Å². The highest BCUT2D eigenvalue weighted by molar-refractivity contribution is 7.87. The summed E-state index contributed by atoms with van der Waals surface area (Å²) in [6.07, 6.45) is 1.79. The highest BCUT2D eigenvalue weighted by Gasteiger charge is 2.28. The van der Waals surface area contributed by atoms with Crippen molar-refractivity contribution in [1.29, 1.82) is 0 Å². The number of rotatable bonds is 7. The van der Waals surface area contributed by atoms with Crippen LogP contribution >= 0.6 is 11.6 Å². The second-order valence-corrected chi connectivity index (χ2v) is 8.00. The zero-order valence-electron chi connectivity index (χ0n) is 13.9. The Labute approximate surface area is 149 Å². The second-order valence-electron chi connectivity index (χ2n) is 5.81. The van der Waals surface area contributed by atoms with Crippen LogP contribution in [-0.2, 0) is 21.4 Å². The van der Waals surface area contributed by atoms with Gasteiger partial charge >= 0.3 is 0 Å². The molecule has 0 unspecified atom stereocenters. The minimum Gasteiger partial charge on any atom is -0.340 e. The fourth-order valence-electron chi connectivity index (χ4n) is 2.60. The van der Waals surface area contributed by atoms with E-state index < -0.39 is 10.2 Å². The Hall–Kier alpha value is -1.15. The number of halogens is 1. The summed E-state index contributed by atoms with van der Waals surface area (Å²) in [6, 6.07) is 7.48. The zero-order chi connectivity index (χ0) is 17.6. The highest BCUT2D eigenvalue weighted by atomic mass is 35.5. The maximum absolute atomic E-state index is 12.3. The fourth-order valence-corrected chi connectivity index (χ4v) is 4.10. The van der Waals surface area contributed by atoms with E-state index in [1.807, 2.05) is 25.1 Å². The number of hydrogen-bond donors (Lipinski definition) is 1. The first-order chi connectivity index (χ1) is 11.4. The lowest BCUT2D eigenvalue weighted by Crippen LogP contribution is -2.53. The van der Waals surface area contributed by atoms with Crippen molar-refractivity contribution < 1.29 is 13.2 Å². The van der Waals surface area contributed by atoms with Gasteiger partial charge in [-0.1, -0.05) is 30.7 Å². The Morgan fingerprint density at radius 1 is 1.25 bits per heavy atom. The highest BCUT2D eigenvalue weighted by Crippen LogP contribution is 2.14. The minimum atomic E-state index is -3.42. The van der Waals surface area contributed by atoms with Crippen molar-refractivity contribution in [2.75, 3.05) is 32.7 Å². The molecule has 0 aromatic heterocycles. The molecule has 1 amide bonds. The van der Waals surface area contributed by atoms with E-state index in [9.17, 15) is 13.2 Å². The number of nitrogens with zero attached hydrogens (tertiary/aromatic N) is 2. The molecular formula is C16H24ClN3O3S. The number of amides is 1. The number of nitrogens with one attached hydrogen (secondary N) is 1. The summed E-state index contributed by atoms with van der Waals surface area (Å²) in [5.41, 5.74) is 1.03. The first-order valence-corrected chi connectivity index (χ1v) is 10.0. The smallest absolute Gasteiger partial charge is 0.279 e. The van der Waals surface area contributed by atoms with Crippen molar-refractivity contribution in [3.8, 4) is 0 Å². The second kappa shape index (κ2) is 8.80. The Kier molecular flexibility index (Phi) is 7.03. The molecule has 1 aliphatic rings. The van der Waals surface area contributed by atoms with E-state index in [2.05, 4.69) is 4.72 Å². The third-order valence-corrected chi connectivity index (χ3v) is 5.83. The van der Waals surface area contributed by atoms with Crippen LogP contribution in [0.1, 0.15) is 25.3 Å². The predicted octanol–water partition coefficient (Wildman–Crippen LogP) is 1.66. The van der Waals surface area contributed by atoms with E-state index in [-0.39, 0.29) is 5.91 Å². The molecule has 1 aliphatic heterocycles. The molecular weight excluding hydrogens is 350 g/mol. The van der Waals surface area contributed by atoms with Crippen LogP contribution in [0.2, 0.25) is 5.02 Å². The first-order valence-electron chi connectivity index (χ1n) is 8.19. The van der Waals surface area contributed by atoms with Crippen LogP contribution in [0.5, 0.6) is 0 Å². The van der Waals surface area contributed by atoms with Gasteiger partial charge in [-0.3, -0.25) is 4.79 Å². The molecule has 8 heteroatoms. The van der Waals surface area contributed by atoms with Gasteiger partial charge in [0.15, 0.2) is 0 Å². The van der Waals surface area contributed by atoms with Crippen molar-refractivity contribution in [2.45, 2.75) is 26.2 Å². The van der Waals surface area contributed by atoms with E-state index in [0.717, 1.165) is 12.0 Å². The molecule has 0 atom stereocenters. The number of hydrogen-bond acceptors (Lipinski definition) is 3. The average molecular weight is 374 g/mol. The van der Waals surface area contributed by atoms with Crippen LogP contribution in [-0.4, -0.2) is 56.3 Å². The standard InChI is InChI=1S/C16H24ClN3O3S/c1-2-8-18-24(22,23)20-11-9-19(10-12-20)16(21)7-6-14-4-3-5-15(17)13-14/h3-5,13,18H,2,6-12H2,1H3. The predicted molar refractivity (Wildman–Crippen MR) is 95.1 cm³/mol. The van der Waals surface area contributed by atoms with Crippen LogP contribution in [0, 0.1) is 0 Å². The zero-order valence-corrected chi connectivity index (χ0v) is 15.4. The number of carbonyl (C=O) groups excluding carboxylic acids is 1. The van der Waals surface area contributed by atoms with Gasteiger partial charge in [-0.05, 0) is 30.5 Å². The van der Waals surface area contributed by atoms with Crippen molar-refractivity contribution in [3.05, 3.63) is 34.9 Å². The summed E-state index contributed by atoms with van der Waals surface area (Å²) >= 11 is 5.94. The van der Waals surface area contributed by atoms with Gasteiger partial charge in [-0.15, -0.1) is 0 Å². The van der Waals surface area contributed by atoms with Gasteiger partial charge in [0.05, 0.1) is 0 Å². The summed E-state index contributed by atoms with van der Waals surface area (Å²) < 4.78 is 28.1. The number of benzene rings is 1. The molecule has 134 valence electrons. The molecule has 1 heterocycles. The van der Waals surface area contributed by atoms with Gasteiger partial charge < -0.3 is 4.90 Å². The normalized spacial score (nSPS) is 16.3. The SMILES string of the molecule is CCCNS(=O)(=O)N1CCN(C(=O)CCc2cccc(Cl)c2)CC1. The summed E-state index contributed by atoms with van der Waals surface area (Å²) in [6.45, 7) is 3.88. The molecule has 2 rings (SSSR count). The lowest BCUT2D eigenvalue weighted by atomic mass is 10.1. The van der Waals surface area contributed by atoms with Crippen LogP contribution in [0.3, 0.4) is 0 Å². The van der Waals surface area contributed by atoms with Crippen molar-refractivity contribution in [1.82, 2.24) is 13.9 Å². The van der Waals surface area contributed by atoms with Gasteiger partial charge in [0.1, 0.15) is 0 Å². The molecule has 0 aliphatic carbocycles. The molecule has 1 aromatic rings. The van der Waals surface area contributed by atoms with Crippen LogP contribution < -0.4 is 4.72 Å². The lowest BCUT2D eigenvalue weighted by molar-refractivity contribution is -0.132. The average Bonchev–Trinajstić information content (AvgIpc) is 2.58. The maximum Gasteiger partial charge on any atom is 0.279 e. The van der Waals surface area contributed by atoms with E-state index >= 15 is 0 Å². The summed E-state index contributed by atoms with van der Waals surface area (Å²) in [5.74, 6) is 0.0496. The van der Waals surface area contributed by atoms with E-state index in [4.69, 9.17) is 11.6 Å². The molecule has 0 radical (unpaired) electrons. The van der Waals surface area contributed by atoms with Crippen molar-refractivity contribution in [2.24, 2.45) is 0 Å². The van der Waals surface area contributed by atoms with Crippen molar-refractivity contribution in [3.63, 3.8) is 0 Å². The monoisotopic (exact) mass is 373 g/mol. The molecule has 0 bridgehead atoms. The Morgan fingerprint density at radius 3 is 2.58 bits per heavy atom. The summed E-state index contributed by atoms with van der Waals surface area (Å²) in [4.78, 5) is 14.0. The molecule has 1 saturated heterocycles.